The number of carbonyl (C=O) groups excluding carboxylic acids is 1. The van der Waals surface area contributed by atoms with Gasteiger partial charge >= 0.3 is 0 Å². The van der Waals surface area contributed by atoms with Crippen molar-refractivity contribution in [3.63, 3.8) is 0 Å². The van der Waals surface area contributed by atoms with E-state index in [0.29, 0.717) is 24.7 Å². The number of benzene rings is 1. The average molecular weight is 323 g/mol. The third-order valence-corrected chi connectivity index (χ3v) is 4.83. The van der Waals surface area contributed by atoms with E-state index in [0.717, 1.165) is 30.6 Å². The third kappa shape index (κ3) is 2.58. The summed E-state index contributed by atoms with van der Waals surface area (Å²) in [5.41, 5.74) is 3.33. The van der Waals surface area contributed by atoms with Gasteiger partial charge in [-0.25, -0.2) is 0 Å². The number of rotatable bonds is 4. The van der Waals surface area contributed by atoms with E-state index in [1.165, 1.54) is 11.1 Å². The Hall–Kier alpha value is -2.63. The molecule has 1 fully saturated rings. The summed E-state index contributed by atoms with van der Waals surface area (Å²) in [5, 5.41) is 8.94. The minimum Gasteiger partial charge on any atom is -0.366 e. The van der Waals surface area contributed by atoms with Crippen LogP contribution in [0.3, 0.4) is 0 Å². The standard InChI is InChI=1S/C18H21N5O/c1-2-3-14-8-15(24)6-7-23(14)18-10-19-17-5-4-13(9-16(17)18)22-11-20-21-12-22/h4-5,9-12,14,19H,2-3,6-8H2,1H3. The van der Waals surface area contributed by atoms with E-state index in [4.69, 9.17) is 0 Å². The van der Waals surface area contributed by atoms with Gasteiger partial charge in [0.25, 0.3) is 0 Å². The van der Waals surface area contributed by atoms with Crippen LogP contribution >= 0.6 is 0 Å². The number of hydrogen-bond donors (Lipinski definition) is 1. The van der Waals surface area contributed by atoms with E-state index < -0.39 is 0 Å². The molecular formula is C18H21N5O. The SMILES string of the molecule is CCCC1CC(=O)CCN1c1c[nH]c2ccc(-n3cnnc3)cc12. The summed E-state index contributed by atoms with van der Waals surface area (Å²) in [6.07, 6.45) is 8.90. The van der Waals surface area contributed by atoms with Crippen molar-refractivity contribution < 1.29 is 4.79 Å². The molecular weight excluding hydrogens is 302 g/mol. The van der Waals surface area contributed by atoms with E-state index in [9.17, 15) is 4.79 Å². The first-order valence-electron chi connectivity index (χ1n) is 8.50. The second-order valence-electron chi connectivity index (χ2n) is 6.40. The number of ketones is 1. The van der Waals surface area contributed by atoms with Gasteiger partial charge in [0, 0.05) is 48.2 Å². The van der Waals surface area contributed by atoms with Crippen LogP contribution in [-0.2, 0) is 4.79 Å². The van der Waals surface area contributed by atoms with Crippen molar-refractivity contribution in [3.8, 4) is 5.69 Å². The fourth-order valence-corrected chi connectivity index (χ4v) is 3.64. The molecule has 1 unspecified atom stereocenters. The van der Waals surface area contributed by atoms with Crippen molar-refractivity contribution in [2.24, 2.45) is 0 Å². The highest BCUT2D eigenvalue weighted by Crippen LogP contribution is 2.33. The van der Waals surface area contributed by atoms with Crippen LogP contribution in [0, 0.1) is 0 Å². The molecule has 1 aromatic carbocycles. The average Bonchev–Trinajstić information content (AvgIpc) is 3.24. The van der Waals surface area contributed by atoms with Crippen LogP contribution in [-0.4, -0.2) is 38.1 Å². The van der Waals surface area contributed by atoms with Gasteiger partial charge in [0.05, 0.1) is 5.69 Å². The van der Waals surface area contributed by atoms with Gasteiger partial charge in [-0.3, -0.25) is 9.36 Å². The molecule has 24 heavy (non-hydrogen) atoms. The van der Waals surface area contributed by atoms with Crippen LogP contribution in [0.4, 0.5) is 5.69 Å². The summed E-state index contributed by atoms with van der Waals surface area (Å²) in [7, 11) is 0. The zero-order valence-electron chi connectivity index (χ0n) is 13.8. The fourth-order valence-electron chi connectivity index (χ4n) is 3.64. The smallest absolute Gasteiger partial charge is 0.136 e. The molecule has 1 N–H and O–H groups in total. The van der Waals surface area contributed by atoms with Gasteiger partial charge in [-0.2, -0.15) is 0 Å². The molecule has 0 spiro atoms. The van der Waals surface area contributed by atoms with Crippen LogP contribution < -0.4 is 4.90 Å². The van der Waals surface area contributed by atoms with E-state index >= 15 is 0 Å². The molecule has 0 saturated carbocycles. The van der Waals surface area contributed by atoms with Crippen LogP contribution in [0.15, 0.2) is 37.1 Å². The van der Waals surface area contributed by atoms with Gasteiger partial charge in [0.1, 0.15) is 18.4 Å². The minimum absolute atomic E-state index is 0.300. The lowest BCUT2D eigenvalue weighted by molar-refractivity contribution is -0.120. The van der Waals surface area contributed by atoms with Crippen molar-refractivity contribution in [1.29, 1.82) is 0 Å². The number of nitrogens with one attached hydrogen (secondary N) is 1. The summed E-state index contributed by atoms with van der Waals surface area (Å²) in [6, 6.07) is 6.59. The molecule has 1 atom stereocenters. The van der Waals surface area contributed by atoms with Gasteiger partial charge in [-0.15, -0.1) is 10.2 Å². The van der Waals surface area contributed by atoms with Gasteiger partial charge in [-0.1, -0.05) is 13.3 Å². The summed E-state index contributed by atoms with van der Waals surface area (Å²) in [6.45, 7) is 2.98. The molecule has 0 radical (unpaired) electrons. The lowest BCUT2D eigenvalue weighted by Crippen LogP contribution is -2.42. The van der Waals surface area contributed by atoms with E-state index in [1.807, 2.05) is 4.57 Å². The fraction of sp³-hybridized carbons (Fsp3) is 0.389. The summed E-state index contributed by atoms with van der Waals surface area (Å²) in [4.78, 5) is 17.7. The van der Waals surface area contributed by atoms with Gasteiger partial charge in [0.2, 0.25) is 0 Å². The highest BCUT2D eigenvalue weighted by Gasteiger charge is 2.28. The lowest BCUT2D eigenvalue weighted by Gasteiger charge is -2.36. The molecule has 124 valence electrons. The lowest BCUT2D eigenvalue weighted by atomic mass is 9.96. The molecule has 3 aromatic rings. The Kier molecular flexibility index (Phi) is 3.80. The normalized spacial score (nSPS) is 18.5. The zero-order valence-corrected chi connectivity index (χ0v) is 13.8. The predicted octanol–water partition coefficient (Wildman–Crippen LogP) is 3.09. The number of Topliss-reactive ketones (excluding diaryl/α,β-unsaturated/α-hetero) is 1. The highest BCUT2D eigenvalue weighted by molar-refractivity contribution is 5.95. The molecule has 6 heteroatoms. The Labute approximate surface area is 140 Å². The number of hydrogen-bond acceptors (Lipinski definition) is 4. The second kappa shape index (κ2) is 6.11. The Bertz CT molecular complexity index is 852. The topological polar surface area (TPSA) is 66.8 Å². The van der Waals surface area contributed by atoms with E-state index in [2.05, 4.69) is 51.4 Å². The number of anilines is 1. The van der Waals surface area contributed by atoms with Crippen LogP contribution in [0.25, 0.3) is 16.6 Å². The van der Waals surface area contributed by atoms with Crippen molar-refractivity contribution in [2.75, 3.05) is 11.4 Å². The number of piperidine rings is 1. The number of H-pyrrole nitrogens is 1. The molecule has 2 aromatic heterocycles. The highest BCUT2D eigenvalue weighted by atomic mass is 16.1. The summed E-state index contributed by atoms with van der Waals surface area (Å²) < 4.78 is 1.90. The third-order valence-electron chi connectivity index (χ3n) is 4.83. The molecule has 1 aliphatic rings. The maximum atomic E-state index is 11.9. The molecule has 1 aliphatic heterocycles. The zero-order chi connectivity index (χ0) is 16.5. The first-order valence-corrected chi connectivity index (χ1v) is 8.50. The van der Waals surface area contributed by atoms with E-state index in [-0.39, 0.29) is 0 Å². The largest absolute Gasteiger partial charge is 0.366 e. The van der Waals surface area contributed by atoms with Crippen molar-refractivity contribution in [2.45, 2.75) is 38.6 Å². The monoisotopic (exact) mass is 323 g/mol. The molecule has 0 amide bonds. The number of aromatic nitrogens is 4. The van der Waals surface area contributed by atoms with Crippen LogP contribution in [0.2, 0.25) is 0 Å². The van der Waals surface area contributed by atoms with Crippen LogP contribution in [0.5, 0.6) is 0 Å². The maximum absolute atomic E-state index is 11.9. The van der Waals surface area contributed by atoms with Crippen LogP contribution in [0.1, 0.15) is 32.6 Å². The molecule has 1 saturated heterocycles. The summed E-state index contributed by atoms with van der Waals surface area (Å²) in [5.74, 6) is 0.384. The van der Waals surface area contributed by atoms with Gasteiger partial charge < -0.3 is 9.88 Å². The van der Waals surface area contributed by atoms with Gasteiger partial charge in [-0.05, 0) is 24.6 Å². The molecule has 0 bridgehead atoms. The number of fused-ring (bicyclic) bond motifs is 1. The first-order chi connectivity index (χ1) is 11.8. The molecule has 3 heterocycles. The van der Waals surface area contributed by atoms with Gasteiger partial charge in [0.15, 0.2) is 0 Å². The number of aromatic amines is 1. The Morgan fingerprint density at radius 3 is 2.92 bits per heavy atom. The quantitative estimate of drug-likeness (QED) is 0.801. The van der Waals surface area contributed by atoms with Crippen molar-refractivity contribution in [1.82, 2.24) is 19.7 Å². The molecule has 4 rings (SSSR count). The van der Waals surface area contributed by atoms with Crippen molar-refractivity contribution in [3.05, 3.63) is 37.1 Å². The first kappa shape index (κ1) is 14.9. The minimum atomic E-state index is 0.300. The Morgan fingerprint density at radius 2 is 2.12 bits per heavy atom. The van der Waals surface area contributed by atoms with E-state index in [1.54, 1.807) is 12.7 Å². The number of nitrogens with zero attached hydrogens (tertiary/aromatic N) is 4. The summed E-state index contributed by atoms with van der Waals surface area (Å²) >= 11 is 0. The Balaban J connectivity index is 1.75. The molecule has 0 aliphatic carbocycles. The number of carbonyl (C=O) groups is 1. The Morgan fingerprint density at radius 1 is 1.29 bits per heavy atom. The molecule has 6 nitrogen and oxygen atoms in total. The predicted molar refractivity (Wildman–Crippen MR) is 93.5 cm³/mol. The second-order valence-corrected chi connectivity index (χ2v) is 6.40. The maximum Gasteiger partial charge on any atom is 0.136 e. The van der Waals surface area contributed by atoms with Crippen molar-refractivity contribution >= 4 is 22.4 Å².